The van der Waals surface area contributed by atoms with Gasteiger partial charge in [0.1, 0.15) is 11.5 Å². The standard InChI is InChI=1S/C26H18N4O4/c1-33-25-19(21(31)13-29-27)11-15-7-3-5-9-17(15)23(25)24-18-10-6-4-8-16(18)12-20(26(24)34-2)22(32)14-30-28/h3-14H,1-2H3. The number of Topliss-reactive ketones (excluding diaryl/α,β-unsaturated/α-hetero) is 2. The lowest BCUT2D eigenvalue weighted by Gasteiger charge is -2.20. The lowest BCUT2D eigenvalue weighted by molar-refractivity contribution is 0.00212. The Morgan fingerprint density at radius 2 is 1.09 bits per heavy atom. The van der Waals surface area contributed by atoms with Gasteiger partial charge < -0.3 is 20.5 Å². The van der Waals surface area contributed by atoms with Gasteiger partial charge in [0.05, 0.1) is 25.3 Å². The molecule has 8 heteroatoms. The summed E-state index contributed by atoms with van der Waals surface area (Å²) in [6, 6.07) is 18.1. The van der Waals surface area contributed by atoms with Gasteiger partial charge in [0, 0.05) is 11.1 Å². The van der Waals surface area contributed by atoms with Crippen molar-refractivity contribution in [3.05, 3.63) is 82.9 Å². The Morgan fingerprint density at radius 3 is 1.44 bits per heavy atom. The minimum absolute atomic E-state index is 0.175. The van der Waals surface area contributed by atoms with Crippen molar-refractivity contribution in [1.82, 2.24) is 0 Å². The van der Waals surface area contributed by atoms with Gasteiger partial charge in [-0.15, -0.1) is 0 Å². The zero-order valence-electron chi connectivity index (χ0n) is 18.4. The molecule has 0 aliphatic rings. The second-order valence-corrected chi connectivity index (χ2v) is 7.32. The first-order valence-electron chi connectivity index (χ1n) is 10.2. The summed E-state index contributed by atoms with van der Waals surface area (Å²) >= 11 is 0. The summed E-state index contributed by atoms with van der Waals surface area (Å²) < 4.78 is 11.5. The monoisotopic (exact) mass is 450 g/mol. The summed E-state index contributed by atoms with van der Waals surface area (Å²) in [5.74, 6) is -0.663. The smallest absolute Gasteiger partial charge is 0.328 e. The average molecular weight is 450 g/mol. The number of hydrogen-bond donors (Lipinski definition) is 0. The molecule has 4 aromatic carbocycles. The number of hydrogen-bond acceptors (Lipinski definition) is 4. The molecule has 0 aromatic heterocycles. The Labute approximate surface area is 194 Å². The van der Waals surface area contributed by atoms with Gasteiger partial charge in [-0.1, -0.05) is 48.5 Å². The van der Waals surface area contributed by atoms with E-state index in [-0.39, 0.29) is 22.6 Å². The largest absolute Gasteiger partial charge is 0.495 e. The minimum atomic E-state index is -0.561. The molecule has 0 bridgehead atoms. The molecular formula is C26H18N4O4. The molecule has 0 amide bonds. The zero-order chi connectivity index (χ0) is 24.2. The number of methoxy groups -OCH3 is 2. The number of fused-ring (bicyclic) bond motifs is 2. The van der Waals surface area contributed by atoms with Crippen LogP contribution in [0.15, 0.2) is 60.7 Å². The minimum Gasteiger partial charge on any atom is -0.495 e. The van der Waals surface area contributed by atoms with Gasteiger partial charge in [-0.3, -0.25) is 9.59 Å². The molecule has 4 aromatic rings. The summed E-state index contributed by atoms with van der Waals surface area (Å²) in [6.45, 7) is 0. The molecular weight excluding hydrogens is 432 g/mol. The van der Waals surface area contributed by atoms with Crippen molar-refractivity contribution in [2.75, 3.05) is 14.2 Å². The predicted octanol–water partition coefficient (Wildman–Crippen LogP) is 4.64. The Bertz CT molecular complexity index is 1460. The highest BCUT2D eigenvalue weighted by Gasteiger charge is 2.28. The number of carbonyl (C=O) groups is 2. The molecule has 0 aliphatic heterocycles. The number of nitrogens with zero attached hydrogens (tertiary/aromatic N) is 4. The van der Waals surface area contributed by atoms with Crippen LogP contribution in [0.5, 0.6) is 11.5 Å². The molecule has 0 unspecified atom stereocenters. The Kier molecular flexibility index (Phi) is 6.10. The summed E-state index contributed by atoms with van der Waals surface area (Å²) in [5.41, 5.74) is 19.3. The third-order valence-corrected chi connectivity index (χ3v) is 5.54. The summed E-state index contributed by atoms with van der Waals surface area (Å²) in [5, 5.41) is 2.96. The van der Waals surface area contributed by atoms with Crippen molar-refractivity contribution in [3.63, 3.8) is 0 Å². The van der Waals surface area contributed by atoms with Gasteiger partial charge in [0.2, 0.25) is 0 Å². The van der Waals surface area contributed by atoms with Crippen LogP contribution in [0.4, 0.5) is 0 Å². The van der Waals surface area contributed by atoms with Crippen LogP contribution in [0.2, 0.25) is 0 Å². The lowest BCUT2D eigenvalue weighted by Crippen LogP contribution is -2.08. The van der Waals surface area contributed by atoms with Crippen LogP contribution in [0.25, 0.3) is 43.7 Å². The number of benzene rings is 4. The van der Waals surface area contributed by atoms with Crippen LogP contribution in [0.1, 0.15) is 20.7 Å². The molecule has 0 atom stereocenters. The molecule has 0 radical (unpaired) electrons. The normalized spacial score (nSPS) is 10.3. The van der Waals surface area contributed by atoms with E-state index < -0.39 is 11.6 Å². The second-order valence-electron chi connectivity index (χ2n) is 7.32. The molecule has 0 saturated heterocycles. The van der Waals surface area contributed by atoms with Crippen LogP contribution >= 0.6 is 0 Å². The Hall–Kier alpha value is -4.90. The number of carbonyl (C=O) groups excluding carboxylic acids is 2. The lowest BCUT2D eigenvalue weighted by atomic mass is 9.87. The van der Waals surface area contributed by atoms with Gasteiger partial charge in [-0.25, -0.2) is 0 Å². The highest BCUT2D eigenvalue weighted by Crippen LogP contribution is 2.48. The first kappa shape index (κ1) is 22.3. The van der Waals surface area contributed by atoms with E-state index in [2.05, 4.69) is 9.58 Å². The molecule has 0 heterocycles. The van der Waals surface area contributed by atoms with Crippen LogP contribution < -0.4 is 9.47 Å². The maximum atomic E-state index is 12.8. The van der Waals surface area contributed by atoms with Crippen molar-refractivity contribution in [2.24, 2.45) is 0 Å². The van der Waals surface area contributed by atoms with E-state index in [0.717, 1.165) is 34.0 Å². The van der Waals surface area contributed by atoms with Gasteiger partial charge in [-0.2, -0.15) is 9.58 Å². The second kappa shape index (κ2) is 9.30. The van der Waals surface area contributed by atoms with Gasteiger partial charge in [0.25, 0.3) is 11.6 Å². The predicted molar refractivity (Wildman–Crippen MR) is 128 cm³/mol. The fraction of sp³-hybridized carbons (Fsp3) is 0.0769. The molecule has 0 spiro atoms. The van der Waals surface area contributed by atoms with Crippen molar-refractivity contribution < 1.29 is 28.6 Å². The molecule has 8 nitrogen and oxygen atoms in total. The molecule has 34 heavy (non-hydrogen) atoms. The van der Waals surface area contributed by atoms with E-state index >= 15 is 0 Å². The van der Waals surface area contributed by atoms with E-state index in [9.17, 15) is 9.59 Å². The van der Waals surface area contributed by atoms with Gasteiger partial charge in [-0.05, 0) is 33.7 Å². The van der Waals surface area contributed by atoms with Crippen molar-refractivity contribution in [2.45, 2.75) is 0 Å². The third kappa shape index (κ3) is 3.65. The topological polar surface area (TPSA) is 125 Å². The molecule has 4 rings (SSSR count). The highest BCUT2D eigenvalue weighted by molar-refractivity contribution is 6.37. The Morgan fingerprint density at radius 1 is 0.706 bits per heavy atom. The molecule has 166 valence electrons. The quantitative estimate of drug-likeness (QED) is 0.176. The molecule has 0 aliphatic carbocycles. The average Bonchev–Trinajstić information content (AvgIpc) is 2.86. The first-order valence-corrected chi connectivity index (χ1v) is 10.2. The number of ketones is 2. The zero-order valence-corrected chi connectivity index (χ0v) is 18.4. The van der Waals surface area contributed by atoms with E-state index in [1.807, 2.05) is 48.5 Å². The van der Waals surface area contributed by atoms with Gasteiger partial charge in [0.15, 0.2) is 0 Å². The summed E-state index contributed by atoms with van der Waals surface area (Å²) in [4.78, 5) is 31.4. The van der Waals surface area contributed by atoms with E-state index in [0.29, 0.717) is 11.1 Å². The molecule has 0 N–H and O–H groups in total. The van der Waals surface area contributed by atoms with E-state index in [4.69, 9.17) is 20.5 Å². The van der Waals surface area contributed by atoms with Crippen LogP contribution in [-0.4, -0.2) is 47.8 Å². The molecule has 0 fully saturated rings. The van der Waals surface area contributed by atoms with Crippen molar-refractivity contribution in [1.29, 1.82) is 0 Å². The van der Waals surface area contributed by atoms with Crippen LogP contribution in [-0.2, 0) is 0 Å². The fourth-order valence-corrected chi connectivity index (χ4v) is 4.19. The number of rotatable bonds is 7. The SMILES string of the molecule is COc1c(C(=O)C=[N+]=[N-])cc2ccccc2c1-c1c(OC)c(C(=O)C=[N+]=[N-])cc2ccccc12. The van der Waals surface area contributed by atoms with Crippen LogP contribution in [0.3, 0.4) is 0 Å². The van der Waals surface area contributed by atoms with Crippen LogP contribution in [0, 0.1) is 0 Å². The third-order valence-electron chi connectivity index (χ3n) is 5.54. The van der Waals surface area contributed by atoms with E-state index in [1.54, 1.807) is 12.1 Å². The molecule has 0 saturated carbocycles. The van der Waals surface area contributed by atoms with Gasteiger partial charge >= 0.3 is 12.4 Å². The van der Waals surface area contributed by atoms with Crippen molar-refractivity contribution in [3.8, 4) is 22.6 Å². The number of ether oxygens (including phenoxy) is 2. The Balaban J connectivity index is 2.29. The summed E-state index contributed by atoms with van der Waals surface area (Å²) in [6.07, 6.45) is 1.59. The maximum Gasteiger partial charge on any atom is 0.328 e. The van der Waals surface area contributed by atoms with E-state index in [1.165, 1.54) is 14.2 Å². The fourth-order valence-electron chi connectivity index (χ4n) is 4.19. The van der Waals surface area contributed by atoms with Crippen molar-refractivity contribution >= 4 is 45.5 Å². The summed E-state index contributed by atoms with van der Waals surface area (Å²) in [7, 11) is 2.87. The maximum absolute atomic E-state index is 12.8. The first-order chi connectivity index (χ1) is 16.5. The highest BCUT2D eigenvalue weighted by atomic mass is 16.5.